The van der Waals surface area contributed by atoms with E-state index in [1.54, 1.807) is 30.3 Å². The maximum Gasteiger partial charge on any atom is 0.376 e. The Morgan fingerprint density at radius 2 is 1.72 bits per heavy atom. The fraction of sp³-hybridized carbons (Fsp3) is 0.167. The van der Waals surface area contributed by atoms with Crippen molar-refractivity contribution in [3.63, 3.8) is 0 Å². The summed E-state index contributed by atoms with van der Waals surface area (Å²) in [5.74, 6) is -1.70. The number of aliphatic hydroxyl groups is 1. The Morgan fingerprint density at radius 3 is 2.40 bits per heavy atom. The molecule has 0 fully saturated rings. The summed E-state index contributed by atoms with van der Waals surface area (Å²) >= 11 is 0. The summed E-state index contributed by atoms with van der Waals surface area (Å²) in [7, 11) is -3.80. The monoisotopic (exact) mass is 362 g/mol. The highest BCUT2D eigenvalue weighted by Gasteiger charge is 2.22. The van der Waals surface area contributed by atoms with E-state index >= 15 is 0 Å². The SMILES string of the molecule is CCCOC(=O)C(O)=COc1ccccc1S(=O)(=O)c1ccccc1. The quantitative estimate of drug-likeness (QED) is 0.462. The van der Waals surface area contributed by atoms with E-state index in [1.165, 1.54) is 24.3 Å². The number of ether oxygens (including phenoxy) is 2. The van der Waals surface area contributed by atoms with Crippen LogP contribution in [0.25, 0.3) is 0 Å². The molecule has 0 aromatic heterocycles. The number of esters is 1. The number of carbonyl (C=O) groups is 1. The van der Waals surface area contributed by atoms with Crippen LogP contribution < -0.4 is 4.74 Å². The van der Waals surface area contributed by atoms with E-state index in [4.69, 9.17) is 9.47 Å². The molecule has 0 amide bonds. The fourth-order valence-corrected chi connectivity index (χ4v) is 3.34. The second kappa shape index (κ2) is 8.34. The highest BCUT2D eigenvalue weighted by Crippen LogP contribution is 2.29. The molecule has 0 bridgehead atoms. The van der Waals surface area contributed by atoms with Crippen LogP contribution in [0.4, 0.5) is 0 Å². The van der Waals surface area contributed by atoms with Crippen LogP contribution in [0.5, 0.6) is 5.75 Å². The van der Waals surface area contributed by atoms with Gasteiger partial charge in [0.05, 0.1) is 11.5 Å². The maximum absolute atomic E-state index is 12.7. The van der Waals surface area contributed by atoms with Gasteiger partial charge < -0.3 is 14.6 Å². The molecule has 0 atom stereocenters. The van der Waals surface area contributed by atoms with E-state index in [0.29, 0.717) is 6.42 Å². The van der Waals surface area contributed by atoms with Crippen molar-refractivity contribution in [2.45, 2.75) is 23.1 Å². The molecule has 6 nitrogen and oxygen atoms in total. The molecule has 2 rings (SSSR count). The molecule has 0 heterocycles. The first-order chi connectivity index (χ1) is 12.0. The lowest BCUT2D eigenvalue weighted by Crippen LogP contribution is -2.09. The number of aliphatic hydroxyl groups excluding tert-OH is 1. The zero-order valence-corrected chi connectivity index (χ0v) is 14.4. The van der Waals surface area contributed by atoms with Gasteiger partial charge in [0.1, 0.15) is 16.9 Å². The predicted octanol–water partition coefficient (Wildman–Crippen LogP) is 3.25. The van der Waals surface area contributed by atoms with Crippen molar-refractivity contribution < 1.29 is 27.8 Å². The van der Waals surface area contributed by atoms with Crippen LogP contribution in [-0.4, -0.2) is 26.1 Å². The van der Waals surface area contributed by atoms with Crippen LogP contribution in [0.15, 0.2) is 76.4 Å². The van der Waals surface area contributed by atoms with Crippen LogP contribution >= 0.6 is 0 Å². The third kappa shape index (κ3) is 4.60. The molecule has 2 aromatic carbocycles. The number of carbonyl (C=O) groups excluding carboxylic acids is 1. The number of para-hydroxylation sites is 1. The molecule has 1 N–H and O–H groups in total. The van der Waals surface area contributed by atoms with E-state index < -0.39 is 21.6 Å². The lowest BCUT2D eigenvalue weighted by Gasteiger charge is -2.10. The van der Waals surface area contributed by atoms with Crippen LogP contribution in [-0.2, 0) is 19.4 Å². The van der Waals surface area contributed by atoms with E-state index in [2.05, 4.69) is 0 Å². The van der Waals surface area contributed by atoms with Gasteiger partial charge in [0, 0.05) is 0 Å². The summed E-state index contributed by atoms with van der Waals surface area (Å²) in [4.78, 5) is 11.5. The normalized spacial score (nSPS) is 11.8. The van der Waals surface area contributed by atoms with Crippen LogP contribution in [0.2, 0.25) is 0 Å². The number of rotatable bonds is 7. The predicted molar refractivity (Wildman–Crippen MR) is 90.9 cm³/mol. The minimum Gasteiger partial charge on any atom is -0.500 e. The molecule has 0 aliphatic heterocycles. The summed E-state index contributed by atoms with van der Waals surface area (Å²) in [5, 5.41) is 9.63. The lowest BCUT2D eigenvalue weighted by atomic mass is 10.3. The molecule has 0 saturated heterocycles. The van der Waals surface area contributed by atoms with Gasteiger partial charge in [-0.15, -0.1) is 0 Å². The molecule has 0 aliphatic carbocycles. The topological polar surface area (TPSA) is 89.9 Å². The summed E-state index contributed by atoms with van der Waals surface area (Å²) in [6, 6.07) is 13.8. The minimum atomic E-state index is -3.80. The highest BCUT2D eigenvalue weighted by atomic mass is 32.2. The third-order valence-corrected chi connectivity index (χ3v) is 4.95. The zero-order valence-electron chi connectivity index (χ0n) is 13.6. The van der Waals surface area contributed by atoms with Gasteiger partial charge in [-0.05, 0) is 30.7 Å². The molecular formula is C18H18O6S. The van der Waals surface area contributed by atoms with Gasteiger partial charge in [0.15, 0.2) is 0 Å². The number of benzene rings is 2. The Kier molecular flexibility index (Phi) is 6.19. The standard InChI is InChI=1S/C18H18O6S/c1-2-12-23-18(20)15(19)13-24-16-10-6-7-11-17(16)25(21,22)14-8-4-3-5-9-14/h3-11,13,19H,2,12H2,1H3. The summed E-state index contributed by atoms with van der Waals surface area (Å²) in [6.45, 7) is 1.98. The number of hydrogen-bond donors (Lipinski definition) is 1. The second-order valence-corrected chi connectivity index (χ2v) is 6.94. The van der Waals surface area contributed by atoms with E-state index in [-0.39, 0.29) is 22.1 Å². The molecule has 0 unspecified atom stereocenters. The van der Waals surface area contributed by atoms with Crippen molar-refractivity contribution in [2.75, 3.05) is 6.61 Å². The van der Waals surface area contributed by atoms with Gasteiger partial charge in [-0.25, -0.2) is 13.2 Å². The zero-order chi connectivity index (χ0) is 18.3. The molecule has 0 spiro atoms. The Balaban J connectivity index is 2.29. The Hall–Kier alpha value is -2.80. The number of hydrogen-bond acceptors (Lipinski definition) is 6. The van der Waals surface area contributed by atoms with Crippen molar-refractivity contribution in [1.29, 1.82) is 0 Å². The molecule has 132 valence electrons. The van der Waals surface area contributed by atoms with Crippen molar-refractivity contribution in [1.82, 2.24) is 0 Å². The summed E-state index contributed by atoms with van der Waals surface area (Å²) < 4.78 is 35.4. The second-order valence-electron chi connectivity index (χ2n) is 5.02. The molecule has 7 heteroatoms. The fourth-order valence-electron chi connectivity index (χ4n) is 1.93. The van der Waals surface area contributed by atoms with Crippen molar-refractivity contribution in [3.05, 3.63) is 66.6 Å². The van der Waals surface area contributed by atoms with E-state index in [0.717, 1.165) is 6.26 Å². The molecule has 2 aromatic rings. The average molecular weight is 362 g/mol. The molecule has 0 saturated carbocycles. The Morgan fingerprint density at radius 1 is 1.08 bits per heavy atom. The van der Waals surface area contributed by atoms with Gasteiger partial charge in [-0.3, -0.25) is 0 Å². The smallest absolute Gasteiger partial charge is 0.376 e. The minimum absolute atomic E-state index is 0.0128. The van der Waals surface area contributed by atoms with Gasteiger partial charge in [0.25, 0.3) is 0 Å². The first kappa shape index (κ1) is 18.5. The summed E-state index contributed by atoms with van der Waals surface area (Å²) in [6.07, 6.45) is 1.37. The molecule has 0 radical (unpaired) electrons. The van der Waals surface area contributed by atoms with Crippen molar-refractivity contribution >= 4 is 15.8 Å². The maximum atomic E-state index is 12.7. The lowest BCUT2D eigenvalue weighted by molar-refractivity contribution is -0.142. The molecular weight excluding hydrogens is 344 g/mol. The number of sulfone groups is 1. The van der Waals surface area contributed by atoms with E-state index in [9.17, 15) is 18.3 Å². The van der Waals surface area contributed by atoms with Crippen LogP contribution in [0.3, 0.4) is 0 Å². The largest absolute Gasteiger partial charge is 0.500 e. The Labute approximate surface area is 146 Å². The highest BCUT2D eigenvalue weighted by molar-refractivity contribution is 7.91. The van der Waals surface area contributed by atoms with Gasteiger partial charge >= 0.3 is 5.97 Å². The van der Waals surface area contributed by atoms with Crippen LogP contribution in [0, 0.1) is 0 Å². The van der Waals surface area contributed by atoms with Crippen molar-refractivity contribution in [2.24, 2.45) is 0 Å². The van der Waals surface area contributed by atoms with Gasteiger partial charge in [-0.1, -0.05) is 37.3 Å². The first-order valence-electron chi connectivity index (χ1n) is 7.59. The molecule has 0 aliphatic rings. The molecule has 25 heavy (non-hydrogen) atoms. The third-order valence-electron chi connectivity index (χ3n) is 3.14. The first-order valence-corrected chi connectivity index (χ1v) is 9.07. The van der Waals surface area contributed by atoms with E-state index in [1.807, 2.05) is 6.92 Å². The van der Waals surface area contributed by atoms with Gasteiger partial charge in [0.2, 0.25) is 15.6 Å². The van der Waals surface area contributed by atoms with Crippen molar-refractivity contribution in [3.8, 4) is 5.75 Å². The Bertz CT molecular complexity index is 856. The van der Waals surface area contributed by atoms with Crippen LogP contribution in [0.1, 0.15) is 13.3 Å². The summed E-state index contributed by atoms with van der Waals surface area (Å²) in [5.41, 5.74) is 0. The van der Waals surface area contributed by atoms with Gasteiger partial charge in [-0.2, -0.15) is 0 Å². The average Bonchev–Trinajstić information content (AvgIpc) is 2.65.